The predicted molar refractivity (Wildman–Crippen MR) is 118 cm³/mol. The molecule has 0 fully saturated rings. The molecule has 0 radical (unpaired) electrons. The van der Waals surface area contributed by atoms with Gasteiger partial charge in [0.05, 0.1) is 6.20 Å². The number of ether oxygens (including phenoxy) is 1. The maximum Gasteiger partial charge on any atom is 0.262 e. The monoisotopic (exact) mass is 418 g/mol. The summed E-state index contributed by atoms with van der Waals surface area (Å²) in [6, 6.07) is 11.1. The Bertz CT molecular complexity index is 1140. The van der Waals surface area contributed by atoms with Crippen molar-refractivity contribution in [3.05, 3.63) is 76.1 Å². The van der Waals surface area contributed by atoms with Crippen molar-refractivity contribution in [3.63, 3.8) is 0 Å². The molecule has 2 heterocycles. The van der Waals surface area contributed by atoms with E-state index in [1.165, 1.54) is 5.56 Å². The number of aromatic nitrogens is 2. The molecule has 0 unspecified atom stereocenters. The van der Waals surface area contributed by atoms with E-state index in [1.807, 2.05) is 45.0 Å². The third-order valence-electron chi connectivity index (χ3n) is 5.69. The van der Waals surface area contributed by atoms with Gasteiger partial charge in [-0.3, -0.25) is 14.7 Å². The number of anilines is 1. The molecule has 2 amide bonds. The van der Waals surface area contributed by atoms with Crippen LogP contribution in [0.25, 0.3) is 0 Å². The number of aromatic amines is 1. The minimum Gasteiger partial charge on any atom is -0.484 e. The summed E-state index contributed by atoms with van der Waals surface area (Å²) < 4.78 is 5.62. The lowest BCUT2D eigenvalue weighted by Gasteiger charge is -2.27. The fraction of sp³-hybridized carbons (Fsp3) is 0.292. The molecule has 1 aliphatic rings. The summed E-state index contributed by atoms with van der Waals surface area (Å²) in [5, 5.41) is 9.90. The fourth-order valence-electron chi connectivity index (χ4n) is 3.61. The third kappa shape index (κ3) is 4.60. The van der Waals surface area contributed by atoms with E-state index in [-0.39, 0.29) is 18.4 Å². The summed E-state index contributed by atoms with van der Waals surface area (Å²) in [4.78, 5) is 27.2. The van der Waals surface area contributed by atoms with Crippen molar-refractivity contribution in [2.45, 2.75) is 33.7 Å². The molecule has 0 atom stereocenters. The number of hydrogen-bond acceptors (Lipinski definition) is 4. The van der Waals surface area contributed by atoms with Crippen LogP contribution >= 0.6 is 0 Å². The van der Waals surface area contributed by atoms with Crippen LogP contribution in [0.5, 0.6) is 5.75 Å². The van der Waals surface area contributed by atoms with Gasteiger partial charge in [0.15, 0.2) is 6.61 Å². The van der Waals surface area contributed by atoms with E-state index in [9.17, 15) is 9.59 Å². The summed E-state index contributed by atoms with van der Waals surface area (Å²) in [6.07, 6.45) is 2.53. The zero-order valence-corrected chi connectivity index (χ0v) is 18.0. The molecular weight excluding hydrogens is 392 g/mol. The van der Waals surface area contributed by atoms with Crippen LogP contribution in [0, 0.1) is 20.8 Å². The second kappa shape index (κ2) is 8.63. The minimum atomic E-state index is -0.271. The van der Waals surface area contributed by atoms with Crippen molar-refractivity contribution in [2.75, 3.05) is 18.5 Å². The average Bonchev–Trinajstić information content (AvgIpc) is 3.23. The Morgan fingerprint density at radius 1 is 1.10 bits per heavy atom. The van der Waals surface area contributed by atoms with E-state index in [0.29, 0.717) is 30.1 Å². The largest absolute Gasteiger partial charge is 0.484 e. The van der Waals surface area contributed by atoms with E-state index in [4.69, 9.17) is 4.74 Å². The molecule has 2 N–H and O–H groups in total. The smallest absolute Gasteiger partial charge is 0.262 e. The van der Waals surface area contributed by atoms with Crippen molar-refractivity contribution in [1.29, 1.82) is 0 Å². The van der Waals surface area contributed by atoms with E-state index < -0.39 is 0 Å². The second-order valence-electron chi connectivity index (χ2n) is 7.96. The van der Waals surface area contributed by atoms with Crippen LogP contribution in [-0.2, 0) is 17.8 Å². The predicted octanol–water partition coefficient (Wildman–Crippen LogP) is 3.55. The Hall–Kier alpha value is -3.61. The van der Waals surface area contributed by atoms with Crippen LogP contribution in [0.4, 0.5) is 5.69 Å². The molecule has 1 aliphatic heterocycles. The molecule has 2 aromatic carbocycles. The van der Waals surface area contributed by atoms with Crippen molar-refractivity contribution < 1.29 is 14.3 Å². The molecule has 1 aromatic heterocycles. The Balaban J connectivity index is 1.41. The van der Waals surface area contributed by atoms with Gasteiger partial charge in [0.1, 0.15) is 5.75 Å². The quantitative estimate of drug-likeness (QED) is 0.663. The highest BCUT2D eigenvalue weighted by Gasteiger charge is 2.23. The molecule has 3 aromatic rings. The molecule has 160 valence electrons. The first kappa shape index (κ1) is 20.7. The zero-order chi connectivity index (χ0) is 22.0. The Labute approximate surface area is 181 Å². The van der Waals surface area contributed by atoms with Gasteiger partial charge in [0.25, 0.3) is 11.8 Å². The molecule has 0 aliphatic carbocycles. The first-order valence-electron chi connectivity index (χ1n) is 10.3. The van der Waals surface area contributed by atoms with Crippen LogP contribution < -0.4 is 10.1 Å². The van der Waals surface area contributed by atoms with E-state index in [0.717, 1.165) is 28.8 Å². The first-order valence-corrected chi connectivity index (χ1v) is 10.3. The summed E-state index contributed by atoms with van der Waals surface area (Å²) in [5.41, 5.74) is 6.45. The number of fused-ring (bicyclic) bond motifs is 1. The summed E-state index contributed by atoms with van der Waals surface area (Å²) in [5.74, 6) is 0.322. The number of nitrogens with one attached hydrogen (secondary N) is 2. The van der Waals surface area contributed by atoms with Gasteiger partial charge in [-0.05, 0) is 61.7 Å². The molecule has 0 saturated carbocycles. The minimum absolute atomic E-state index is 0.0614. The standard InChI is InChI=1S/C24H26N4O3/c1-15-5-7-20(10-17(15)3)31-14-23(29)26-22-11-18(6-4-16(22)2)24(30)28-9-8-21-19(13-28)12-25-27-21/h4-7,10-12H,8-9,13-14H2,1-3H3,(H,25,27)(H,26,29). The molecular formula is C24H26N4O3. The SMILES string of the molecule is Cc1ccc(OCC(=O)Nc2cc(C(=O)N3CCc4[nH]ncc4C3)ccc2C)cc1C. The van der Waals surface area contributed by atoms with Crippen molar-refractivity contribution in [3.8, 4) is 5.75 Å². The van der Waals surface area contributed by atoms with E-state index in [1.54, 1.807) is 23.2 Å². The van der Waals surface area contributed by atoms with Gasteiger partial charge in [0.2, 0.25) is 0 Å². The number of H-pyrrole nitrogens is 1. The van der Waals surface area contributed by atoms with Crippen LogP contribution in [0.3, 0.4) is 0 Å². The summed E-state index contributed by atoms with van der Waals surface area (Å²) >= 11 is 0. The van der Waals surface area contributed by atoms with Crippen LogP contribution in [0.1, 0.15) is 38.3 Å². The van der Waals surface area contributed by atoms with Crippen molar-refractivity contribution >= 4 is 17.5 Å². The fourth-order valence-corrected chi connectivity index (χ4v) is 3.61. The summed E-state index contributed by atoms with van der Waals surface area (Å²) in [7, 11) is 0. The lowest BCUT2D eigenvalue weighted by atomic mass is 10.1. The number of rotatable bonds is 5. The Kier molecular flexibility index (Phi) is 5.75. The lowest BCUT2D eigenvalue weighted by Crippen LogP contribution is -2.35. The number of amides is 2. The van der Waals surface area contributed by atoms with Crippen LogP contribution in [0.2, 0.25) is 0 Å². The number of nitrogens with zero attached hydrogens (tertiary/aromatic N) is 2. The lowest BCUT2D eigenvalue weighted by molar-refractivity contribution is -0.118. The number of carbonyl (C=O) groups excluding carboxylic acids is 2. The molecule has 4 rings (SSSR count). The molecule has 0 spiro atoms. The van der Waals surface area contributed by atoms with Gasteiger partial charge < -0.3 is 15.0 Å². The highest BCUT2D eigenvalue weighted by molar-refractivity contribution is 5.98. The van der Waals surface area contributed by atoms with Gasteiger partial charge in [-0.15, -0.1) is 0 Å². The highest BCUT2D eigenvalue weighted by Crippen LogP contribution is 2.22. The van der Waals surface area contributed by atoms with Gasteiger partial charge >= 0.3 is 0 Å². The van der Waals surface area contributed by atoms with E-state index in [2.05, 4.69) is 15.5 Å². The average molecular weight is 418 g/mol. The molecule has 7 heteroatoms. The Morgan fingerprint density at radius 2 is 1.90 bits per heavy atom. The number of hydrogen-bond donors (Lipinski definition) is 2. The summed E-state index contributed by atoms with van der Waals surface area (Å²) in [6.45, 7) is 6.99. The van der Waals surface area contributed by atoms with E-state index >= 15 is 0 Å². The number of aryl methyl sites for hydroxylation is 3. The second-order valence-corrected chi connectivity index (χ2v) is 7.96. The third-order valence-corrected chi connectivity index (χ3v) is 5.69. The van der Waals surface area contributed by atoms with Gasteiger partial charge in [0, 0.05) is 42.0 Å². The maximum absolute atomic E-state index is 13.0. The zero-order valence-electron chi connectivity index (χ0n) is 18.0. The first-order chi connectivity index (χ1) is 14.9. The molecule has 0 bridgehead atoms. The number of carbonyl (C=O) groups is 2. The maximum atomic E-state index is 13.0. The van der Waals surface area contributed by atoms with Crippen LogP contribution in [0.15, 0.2) is 42.6 Å². The Morgan fingerprint density at radius 3 is 2.71 bits per heavy atom. The molecule has 31 heavy (non-hydrogen) atoms. The van der Waals surface area contributed by atoms with Crippen molar-refractivity contribution in [2.24, 2.45) is 0 Å². The number of benzene rings is 2. The van der Waals surface area contributed by atoms with Crippen molar-refractivity contribution in [1.82, 2.24) is 15.1 Å². The molecule has 0 saturated heterocycles. The highest BCUT2D eigenvalue weighted by atomic mass is 16.5. The van der Waals surface area contributed by atoms with Crippen LogP contribution in [-0.4, -0.2) is 40.1 Å². The normalized spacial score (nSPS) is 12.9. The van der Waals surface area contributed by atoms with Gasteiger partial charge in [-0.2, -0.15) is 5.10 Å². The topological polar surface area (TPSA) is 87.3 Å². The van der Waals surface area contributed by atoms with Gasteiger partial charge in [-0.25, -0.2) is 0 Å². The molecule has 7 nitrogen and oxygen atoms in total. The van der Waals surface area contributed by atoms with Gasteiger partial charge in [-0.1, -0.05) is 12.1 Å².